The average Bonchev–Trinajstić information content (AvgIpc) is 2.72. The van der Waals surface area contributed by atoms with Gasteiger partial charge < -0.3 is 15.0 Å². The number of hydrogen-bond donors (Lipinski definition) is 1. The lowest BCUT2D eigenvalue weighted by Crippen LogP contribution is -2.53. The van der Waals surface area contributed by atoms with E-state index in [1.165, 1.54) is 0 Å². The first kappa shape index (κ1) is 21.6. The molecule has 6 heteroatoms. The van der Waals surface area contributed by atoms with Crippen LogP contribution >= 0.6 is 0 Å². The van der Waals surface area contributed by atoms with Crippen LogP contribution in [0.2, 0.25) is 0 Å². The van der Waals surface area contributed by atoms with Crippen molar-refractivity contribution >= 4 is 11.8 Å². The second kappa shape index (κ2) is 10.6. The Bertz CT molecular complexity index is 690. The van der Waals surface area contributed by atoms with Gasteiger partial charge in [0.2, 0.25) is 5.91 Å². The van der Waals surface area contributed by atoms with Gasteiger partial charge in [-0.05, 0) is 51.2 Å². The molecule has 2 aliphatic heterocycles. The number of carbonyl (C=O) groups excluding carboxylic acids is 2. The van der Waals surface area contributed by atoms with Crippen LogP contribution in [-0.4, -0.2) is 67.0 Å². The molecule has 29 heavy (non-hydrogen) atoms. The summed E-state index contributed by atoms with van der Waals surface area (Å²) in [5.41, 5.74) is 0.617. The summed E-state index contributed by atoms with van der Waals surface area (Å²) in [6.45, 7) is 8.40. The van der Waals surface area contributed by atoms with E-state index in [4.69, 9.17) is 4.74 Å². The maximum atomic E-state index is 12.9. The molecule has 0 saturated carbocycles. The maximum absolute atomic E-state index is 12.9. The first-order valence-electron chi connectivity index (χ1n) is 11.1. The number of piperidine rings is 1. The fourth-order valence-electron chi connectivity index (χ4n) is 4.49. The summed E-state index contributed by atoms with van der Waals surface area (Å²) in [5.74, 6) is 1.20. The molecule has 1 saturated heterocycles. The largest absolute Gasteiger partial charge is 0.493 e. The molecule has 2 aliphatic rings. The van der Waals surface area contributed by atoms with Gasteiger partial charge in [-0.2, -0.15) is 0 Å². The summed E-state index contributed by atoms with van der Waals surface area (Å²) in [6, 6.07) is 7.65. The van der Waals surface area contributed by atoms with E-state index < -0.39 is 0 Å². The smallest absolute Gasteiger partial charge is 0.255 e. The van der Waals surface area contributed by atoms with Crippen molar-refractivity contribution in [2.45, 2.75) is 52.0 Å². The number of para-hydroxylation sites is 1. The first-order chi connectivity index (χ1) is 14.1. The molecule has 160 valence electrons. The monoisotopic (exact) mass is 401 g/mol. The van der Waals surface area contributed by atoms with Gasteiger partial charge in [-0.1, -0.05) is 25.0 Å². The van der Waals surface area contributed by atoms with Crippen LogP contribution in [0.25, 0.3) is 0 Å². The van der Waals surface area contributed by atoms with Crippen LogP contribution in [0.1, 0.15) is 56.3 Å². The molecule has 0 aromatic heterocycles. The zero-order chi connectivity index (χ0) is 20.6. The molecule has 1 fully saturated rings. The minimum atomic E-state index is -0.0520. The van der Waals surface area contributed by atoms with Gasteiger partial charge in [-0.3, -0.25) is 14.5 Å². The number of amides is 2. The molecule has 2 amide bonds. The average molecular weight is 402 g/mol. The Kier molecular flexibility index (Phi) is 7.92. The zero-order valence-corrected chi connectivity index (χ0v) is 17.9. The molecule has 1 aromatic rings. The lowest BCUT2D eigenvalue weighted by Gasteiger charge is -2.39. The predicted molar refractivity (Wildman–Crippen MR) is 114 cm³/mol. The molecule has 0 bridgehead atoms. The number of ether oxygens (including phenoxy) is 1. The van der Waals surface area contributed by atoms with Gasteiger partial charge in [-0.25, -0.2) is 0 Å². The van der Waals surface area contributed by atoms with Gasteiger partial charge >= 0.3 is 0 Å². The number of likely N-dealkylation sites (N-methyl/N-ethyl adjacent to an activating group) is 1. The molecule has 0 aliphatic carbocycles. The molecule has 0 radical (unpaired) electrons. The van der Waals surface area contributed by atoms with E-state index in [0.29, 0.717) is 30.4 Å². The number of carbonyl (C=O) groups is 2. The van der Waals surface area contributed by atoms with Crippen molar-refractivity contribution in [3.63, 3.8) is 0 Å². The Labute approximate surface area is 174 Å². The fourth-order valence-corrected chi connectivity index (χ4v) is 4.49. The minimum absolute atomic E-state index is 0.0520. The Morgan fingerprint density at radius 2 is 1.97 bits per heavy atom. The Morgan fingerprint density at radius 3 is 2.76 bits per heavy atom. The maximum Gasteiger partial charge on any atom is 0.255 e. The second-order valence-electron chi connectivity index (χ2n) is 8.12. The standard InChI is InChI=1S/C23H35N3O3/c1-3-26(4-2)22(27)17-25-14-13-20-18(16-25)10-6-5-9-15-29-21-12-8-7-11-19(21)23(28)24-20/h7-8,11-12,18,20H,3-6,9-10,13-17H2,1-2H3,(H,24,28)/t18-,20+/m0/s1. The van der Waals surface area contributed by atoms with Crippen LogP contribution in [0.15, 0.2) is 24.3 Å². The summed E-state index contributed by atoms with van der Waals surface area (Å²) in [7, 11) is 0. The molecule has 0 unspecified atom stereocenters. The quantitative estimate of drug-likeness (QED) is 0.843. The van der Waals surface area contributed by atoms with Crippen LogP contribution in [0, 0.1) is 5.92 Å². The summed E-state index contributed by atoms with van der Waals surface area (Å²) in [5, 5.41) is 3.27. The minimum Gasteiger partial charge on any atom is -0.493 e. The molecule has 3 rings (SSSR count). The topological polar surface area (TPSA) is 61.9 Å². The van der Waals surface area contributed by atoms with Crippen LogP contribution in [0.5, 0.6) is 5.75 Å². The normalized spacial score (nSPS) is 23.4. The van der Waals surface area contributed by atoms with Gasteiger partial charge in [0.25, 0.3) is 5.91 Å². The Morgan fingerprint density at radius 1 is 1.17 bits per heavy atom. The highest BCUT2D eigenvalue weighted by Gasteiger charge is 2.32. The van der Waals surface area contributed by atoms with Crippen molar-refractivity contribution in [3.8, 4) is 5.75 Å². The predicted octanol–water partition coefficient (Wildman–Crippen LogP) is 2.93. The lowest BCUT2D eigenvalue weighted by atomic mass is 9.87. The van der Waals surface area contributed by atoms with E-state index in [1.54, 1.807) is 0 Å². The Balaban J connectivity index is 1.68. The third-order valence-corrected chi connectivity index (χ3v) is 6.22. The van der Waals surface area contributed by atoms with Crippen LogP contribution in [0.3, 0.4) is 0 Å². The van der Waals surface area contributed by atoms with Crippen molar-refractivity contribution in [1.82, 2.24) is 15.1 Å². The van der Waals surface area contributed by atoms with Crippen molar-refractivity contribution in [2.24, 2.45) is 5.92 Å². The summed E-state index contributed by atoms with van der Waals surface area (Å²) in [6.07, 6.45) is 5.20. The van der Waals surface area contributed by atoms with E-state index in [-0.39, 0.29) is 17.9 Å². The second-order valence-corrected chi connectivity index (χ2v) is 8.12. The molecule has 0 spiro atoms. The number of hydrogen-bond acceptors (Lipinski definition) is 4. The van der Waals surface area contributed by atoms with Crippen LogP contribution in [-0.2, 0) is 4.79 Å². The number of rotatable bonds is 4. The highest BCUT2D eigenvalue weighted by Crippen LogP contribution is 2.26. The van der Waals surface area contributed by atoms with Crippen molar-refractivity contribution in [1.29, 1.82) is 0 Å². The van der Waals surface area contributed by atoms with E-state index in [2.05, 4.69) is 10.2 Å². The van der Waals surface area contributed by atoms with Crippen molar-refractivity contribution in [2.75, 3.05) is 39.3 Å². The van der Waals surface area contributed by atoms with E-state index in [0.717, 1.165) is 58.3 Å². The van der Waals surface area contributed by atoms with E-state index >= 15 is 0 Å². The lowest BCUT2D eigenvalue weighted by molar-refractivity contribution is -0.132. The van der Waals surface area contributed by atoms with Crippen LogP contribution < -0.4 is 10.1 Å². The summed E-state index contributed by atoms with van der Waals surface area (Å²) < 4.78 is 5.86. The molecule has 6 nitrogen and oxygen atoms in total. The Hall–Kier alpha value is -2.08. The molecule has 1 N–H and O–H groups in total. The van der Waals surface area contributed by atoms with Crippen molar-refractivity contribution in [3.05, 3.63) is 29.8 Å². The number of nitrogens with one attached hydrogen (secondary N) is 1. The summed E-state index contributed by atoms with van der Waals surface area (Å²) >= 11 is 0. The number of fused-ring (bicyclic) bond motifs is 2. The van der Waals surface area contributed by atoms with Crippen molar-refractivity contribution < 1.29 is 14.3 Å². The molecular weight excluding hydrogens is 366 g/mol. The highest BCUT2D eigenvalue weighted by atomic mass is 16.5. The third kappa shape index (κ3) is 5.72. The van der Waals surface area contributed by atoms with Gasteiger partial charge in [-0.15, -0.1) is 0 Å². The van der Waals surface area contributed by atoms with Crippen LogP contribution in [0.4, 0.5) is 0 Å². The third-order valence-electron chi connectivity index (χ3n) is 6.22. The number of benzene rings is 1. The van der Waals surface area contributed by atoms with Gasteiger partial charge in [0.1, 0.15) is 5.75 Å². The van der Waals surface area contributed by atoms with E-state index in [1.807, 2.05) is 43.0 Å². The fraction of sp³-hybridized carbons (Fsp3) is 0.652. The first-order valence-corrected chi connectivity index (χ1v) is 11.1. The summed E-state index contributed by atoms with van der Waals surface area (Å²) in [4.78, 5) is 29.6. The zero-order valence-electron chi connectivity index (χ0n) is 17.9. The molecule has 1 aromatic carbocycles. The molecular formula is C23H35N3O3. The van der Waals surface area contributed by atoms with Gasteiger partial charge in [0, 0.05) is 32.2 Å². The highest BCUT2D eigenvalue weighted by molar-refractivity contribution is 5.97. The number of nitrogens with zero attached hydrogens (tertiary/aromatic N) is 2. The van der Waals surface area contributed by atoms with Gasteiger partial charge in [0.15, 0.2) is 0 Å². The van der Waals surface area contributed by atoms with Gasteiger partial charge in [0.05, 0.1) is 18.7 Å². The SMILES string of the molecule is CCN(CC)C(=O)CN1CC[C@H]2NC(=O)c3ccccc3OCCCCC[C@H]2C1. The number of likely N-dealkylation sites (tertiary alicyclic amines) is 1. The van der Waals surface area contributed by atoms with E-state index in [9.17, 15) is 9.59 Å². The molecule has 2 atom stereocenters. The molecule has 2 heterocycles.